The zero-order valence-electron chi connectivity index (χ0n) is 19.8. The molecule has 0 bridgehead atoms. The summed E-state index contributed by atoms with van der Waals surface area (Å²) in [5.74, 6) is 0.280. The lowest BCUT2D eigenvalue weighted by Gasteiger charge is -2.33. The monoisotopic (exact) mass is 491 g/mol. The lowest BCUT2D eigenvalue weighted by Crippen LogP contribution is -2.44. The van der Waals surface area contributed by atoms with Gasteiger partial charge in [-0.1, -0.05) is 0 Å². The fourth-order valence-electron chi connectivity index (χ4n) is 4.23. The molecule has 0 N–H and O–H groups in total. The Morgan fingerprint density at radius 1 is 1.14 bits per heavy atom. The molecule has 3 aromatic heterocycles. The second-order valence-electron chi connectivity index (χ2n) is 8.05. The summed E-state index contributed by atoms with van der Waals surface area (Å²) in [5, 5.41) is 3.78. The lowest BCUT2D eigenvalue weighted by atomic mass is 10.0. The zero-order chi connectivity index (χ0) is 25.5. The molecule has 0 aliphatic carbocycles. The number of ether oxygens (including phenoxy) is 3. The van der Waals surface area contributed by atoms with E-state index in [4.69, 9.17) is 19.2 Å². The highest BCUT2D eigenvalue weighted by atomic mass is 19.4. The van der Waals surface area contributed by atoms with Crippen molar-refractivity contribution in [1.82, 2.24) is 19.7 Å². The van der Waals surface area contributed by atoms with E-state index in [2.05, 4.69) is 10.1 Å². The van der Waals surface area contributed by atoms with Gasteiger partial charge < -0.3 is 14.2 Å². The van der Waals surface area contributed by atoms with Crippen molar-refractivity contribution in [1.29, 1.82) is 0 Å². The van der Waals surface area contributed by atoms with Crippen molar-refractivity contribution in [3.63, 3.8) is 0 Å². The van der Waals surface area contributed by atoms with Crippen LogP contribution in [0.3, 0.4) is 0 Å². The first-order valence-electron chi connectivity index (χ1n) is 10.7. The van der Waals surface area contributed by atoms with Crippen LogP contribution in [0.25, 0.3) is 11.3 Å². The van der Waals surface area contributed by atoms with E-state index in [1.165, 1.54) is 31.5 Å². The highest BCUT2D eigenvalue weighted by molar-refractivity contribution is 6.12. The van der Waals surface area contributed by atoms with Crippen molar-refractivity contribution in [3.05, 3.63) is 47.5 Å². The number of aromatic nitrogens is 4. The van der Waals surface area contributed by atoms with Crippen molar-refractivity contribution in [3.8, 4) is 22.9 Å². The fourth-order valence-corrected chi connectivity index (χ4v) is 4.23. The third-order valence-electron chi connectivity index (χ3n) is 5.67. The maximum Gasteiger partial charge on any atom is 0.408 e. The summed E-state index contributed by atoms with van der Waals surface area (Å²) < 4.78 is 55.8. The number of hydrogen-bond acceptors (Lipinski definition) is 7. The van der Waals surface area contributed by atoms with Gasteiger partial charge in [-0.3, -0.25) is 14.4 Å². The number of hydrogen-bond donors (Lipinski definition) is 0. The topological polar surface area (TPSA) is 91.6 Å². The quantitative estimate of drug-likeness (QED) is 0.492. The summed E-state index contributed by atoms with van der Waals surface area (Å²) in [6.07, 6.45) is -0.501. The largest absolute Gasteiger partial charge is 0.491 e. The van der Waals surface area contributed by atoms with Gasteiger partial charge in [0.15, 0.2) is 11.5 Å². The van der Waals surface area contributed by atoms with Gasteiger partial charge in [0.05, 0.1) is 37.4 Å². The van der Waals surface area contributed by atoms with Crippen LogP contribution in [0.15, 0.2) is 30.7 Å². The van der Waals surface area contributed by atoms with Crippen molar-refractivity contribution in [2.45, 2.75) is 39.2 Å². The number of carbonyl (C=O) groups is 1. The van der Waals surface area contributed by atoms with Crippen LogP contribution in [0.5, 0.6) is 11.6 Å². The second kappa shape index (κ2) is 8.84. The average Bonchev–Trinajstić information content (AvgIpc) is 3.32. The van der Waals surface area contributed by atoms with E-state index >= 15 is 0 Å². The number of amides is 1. The van der Waals surface area contributed by atoms with Crippen LogP contribution in [-0.2, 0) is 17.0 Å². The molecule has 186 valence electrons. The number of aryl methyl sites for hydroxylation is 1. The summed E-state index contributed by atoms with van der Waals surface area (Å²) in [6.45, 7) is 4.12. The second-order valence-corrected chi connectivity index (χ2v) is 8.05. The molecule has 0 unspecified atom stereocenters. The third-order valence-corrected chi connectivity index (χ3v) is 5.67. The smallest absolute Gasteiger partial charge is 0.408 e. The number of nitrogens with zero attached hydrogens (tertiary/aromatic N) is 5. The highest BCUT2D eigenvalue weighted by Gasteiger charge is 2.51. The van der Waals surface area contributed by atoms with Crippen LogP contribution in [0.2, 0.25) is 0 Å². The van der Waals surface area contributed by atoms with Crippen LogP contribution in [0.1, 0.15) is 35.5 Å². The van der Waals surface area contributed by atoms with Gasteiger partial charge in [0.25, 0.3) is 11.8 Å². The number of carbonyl (C=O) groups excluding carboxylic acids is 1. The van der Waals surface area contributed by atoms with Gasteiger partial charge in [-0.15, -0.1) is 0 Å². The maximum absolute atomic E-state index is 13.5. The molecule has 0 saturated carbocycles. The summed E-state index contributed by atoms with van der Waals surface area (Å²) in [6, 6.07) is 3.45. The first-order chi connectivity index (χ1) is 16.5. The van der Waals surface area contributed by atoms with E-state index < -0.39 is 24.4 Å². The fraction of sp³-hybridized carbons (Fsp3) is 0.391. The summed E-state index contributed by atoms with van der Waals surface area (Å²) in [5.41, 5.74) is 1.22. The van der Waals surface area contributed by atoms with E-state index in [0.717, 1.165) is 4.68 Å². The Bertz CT molecular complexity index is 1280. The summed E-state index contributed by atoms with van der Waals surface area (Å²) in [7, 11) is 2.97. The molecule has 1 atom stereocenters. The van der Waals surface area contributed by atoms with Gasteiger partial charge in [0.2, 0.25) is 0 Å². The Labute approximate surface area is 199 Å². The van der Waals surface area contributed by atoms with Gasteiger partial charge in [-0.25, -0.2) is 9.97 Å². The van der Waals surface area contributed by atoms with E-state index in [1.807, 2.05) is 0 Å². The number of halogens is 3. The van der Waals surface area contributed by atoms with E-state index in [0.29, 0.717) is 39.7 Å². The zero-order valence-corrected chi connectivity index (χ0v) is 19.8. The van der Waals surface area contributed by atoms with E-state index in [-0.39, 0.29) is 12.3 Å². The number of methoxy groups -OCH3 is 2. The minimum absolute atomic E-state index is 0.168. The minimum atomic E-state index is -4.45. The van der Waals surface area contributed by atoms with Gasteiger partial charge in [-0.2, -0.15) is 18.3 Å². The Hall–Kier alpha value is -3.67. The summed E-state index contributed by atoms with van der Waals surface area (Å²) in [4.78, 5) is 23.8. The first kappa shape index (κ1) is 24.5. The number of rotatable bonds is 7. The van der Waals surface area contributed by atoms with Gasteiger partial charge in [-0.05, 0) is 38.5 Å². The van der Waals surface area contributed by atoms with Gasteiger partial charge in [0, 0.05) is 24.6 Å². The molecule has 0 saturated heterocycles. The number of anilines is 1. The van der Waals surface area contributed by atoms with Crippen LogP contribution in [0.4, 0.5) is 18.9 Å². The molecule has 0 fully saturated rings. The molecule has 4 heterocycles. The summed E-state index contributed by atoms with van der Waals surface area (Å²) >= 11 is 0. The molecule has 0 radical (unpaired) electrons. The predicted molar refractivity (Wildman–Crippen MR) is 119 cm³/mol. The van der Waals surface area contributed by atoms with Crippen molar-refractivity contribution in [2.75, 3.05) is 25.7 Å². The Morgan fingerprint density at radius 3 is 2.51 bits per heavy atom. The van der Waals surface area contributed by atoms with Crippen LogP contribution < -0.4 is 14.4 Å². The van der Waals surface area contributed by atoms with Crippen LogP contribution in [0, 0.1) is 6.92 Å². The Morgan fingerprint density at radius 2 is 1.89 bits per heavy atom. The minimum Gasteiger partial charge on any atom is -0.491 e. The molecular weight excluding hydrogens is 467 g/mol. The van der Waals surface area contributed by atoms with Crippen molar-refractivity contribution in [2.24, 2.45) is 0 Å². The Balaban J connectivity index is 1.82. The molecule has 3 aromatic rings. The molecular formula is C23H24F3N5O4. The van der Waals surface area contributed by atoms with Gasteiger partial charge >= 0.3 is 6.18 Å². The predicted octanol–water partition coefficient (Wildman–Crippen LogP) is 4.10. The molecule has 1 amide bonds. The SMILES string of the molecule is CCO[C@@]1(C)c2nc(-c3cnc(OC)c(OC)c3)cc(C)c2C(=O)N1c1cnn(CC(F)(F)F)c1. The molecule has 1 aliphatic rings. The van der Waals surface area contributed by atoms with E-state index in [1.54, 1.807) is 39.1 Å². The Kier molecular flexibility index (Phi) is 6.18. The first-order valence-corrected chi connectivity index (χ1v) is 10.7. The van der Waals surface area contributed by atoms with Gasteiger partial charge in [0.1, 0.15) is 12.2 Å². The molecule has 9 nitrogen and oxygen atoms in total. The normalized spacial score (nSPS) is 17.6. The molecule has 1 aliphatic heterocycles. The number of alkyl halides is 3. The van der Waals surface area contributed by atoms with Crippen LogP contribution >= 0.6 is 0 Å². The van der Waals surface area contributed by atoms with Crippen LogP contribution in [-0.4, -0.2) is 52.7 Å². The standard InChI is InChI=1S/C23H24F3N5O4/c1-6-35-22(3)19-18(21(32)31(22)15-10-28-30(11-15)12-23(24,25)26)13(2)7-16(29-19)14-8-17(33-4)20(34-5)27-9-14/h7-11H,6,12H2,1-5H3/t22-/m0/s1. The molecule has 35 heavy (non-hydrogen) atoms. The highest BCUT2D eigenvalue weighted by Crippen LogP contribution is 2.44. The van der Waals surface area contributed by atoms with E-state index in [9.17, 15) is 18.0 Å². The maximum atomic E-state index is 13.5. The average molecular weight is 491 g/mol. The molecule has 0 aromatic carbocycles. The number of pyridine rings is 2. The third kappa shape index (κ3) is 4.29. The molecule has 12 heteroatoms. The lowest BCUT2D eigenvalue weighted by molar-refractivity contribution is -0.142. The molecule has 0 spiro atoms. The van der Waals surface area contributed by atoms with Crippen molar-refractivity contribution >= 4 is 11.6 Å². The molecule has 4 rings (SSSR count). The van der Waals surface area contributed by atoms with Crippen molar-refractivity contribution < 1.29 is 32.2 Å². The number of fused-ring (bicyclic) bond motifs is 1.